The number of imidazole rings is 1. The average molecular weight is 263 g/mol. The third-order valence-corrected chi connectivity index (χ3v) is 4.02. The Bertz CT molecular complexity index is 996. The maximum absolute atomic E-state index is 5.97. The second-order valence-electron chi connectivity index (χ2n) is 5.11. The van der Waals surface area contributed by atoms with Crippen LogP contribution < -0.4 is 4.57 Å². The highest BCUT2D eigenvalue weighted by molar-refractivity contribution is 6.01. The molecule has 0 fully saturated rings. The first-order valence-electron chi connectivity index (χ1n) is 6.53. The second-order valence-corrected chi connectivity index (χ2v) is 5.11. The molecule has 4 aromatic heterocycles. The molecule has 0 atom stereocenters. The summed E-state index contributed by atoms with van der Waals surface area (Å²) in [5.74, 6) is 1.10. The summed E-state index contributed by atoms with van der Waals surface area (Å²) in [7, 11) is 2.02. The van der Waals surface area contributed by atoms with Crippen molar-refractivity contribution < 1.29 is 8.98 Å². The van der Waals surface area contributed by atoms with Gasteiger partial charge in [0.1, 0.15) is 12.1 Å². The van der Waals surface area contributed by atoms with Gasteiger partial charge in [-0.25, -0.2) is 9.55 Å². The van der Waals surface area contributed by atoms with Crippen LogP contribution in [-0.4, -0.2) is 14.5 Å². The lowest BCUT2D eigenvalue weighted by Gasteiger charge is -1.92. The summed E-state index contributed by atoms with van der Waals surface area (Å²) >= 11 is 0. The van der Waals surface area contributed by atoms with Crippen LogP contribution in [0.4, 0.5) is 0 Å². The molecule has 0 N–H and O–H groups in total. The van der Waals surface area contributed by atoms with Crippen molar-refractivity contribution in [3.8, 4) is 11.5 Å². The largest absolute Gasteiger partial charge is 0.419 e. The van der Waals surface area contributed by atoms with E-state index in [1.165, 1.54) is 5.56 Å². The quantitative estimate of drug-likeness (QED) is 0.402. The zero-order valence-electron chi connectivity index (χ0n) is 10.9. The molecule has 4 aromatic rings. The smallest absolute Gasteiger partial charge is 0.339 e. The molecule has 20 heavy (non-hydrogen) atoms. The van der Waals surface area contributed by atoms with Crippen molar-refractivity contribution in [3.05, 3.63) is 42.4 Å². The number of aryl methyl sites for hydroxylation is 1. The summed E-state index contributed by atoms with van der Waals surface area (Å²) < 4.78 is 10.3. The number of hydrogen-bond acceptors (Lipinski definition) is 3. The highest BCUT2D eigenvalue weighted by Gasteiger charge is 2.36. The summed E-state index contributed by atoms with van der Waals surface area (Å²) in [4.78, 5) is 8.74. The van der Waals surface area contributed by atoms with E-state index in [9.17, 15) is 0 Å². The van der Waals surface area contributed by atoms with Crippen molar-refractivity contribution in [2.45, 2.75) is 6.54 Å². The number of furan rings is 1. The minimum absolute atomic E-state index is 0.833. The van der Waals surface area contributed by atoms with Crippen molar-refractivity contribution in [3.63, 3.8) is 0 Å². The number of rotatable bonds is 0. The maximum Gasteiger partial charge on any atom is 0.339 e. The third kappa shape index (κ3) is 1.02. The van der Waals surface area contributed by atoms with Crippen LogP contribution in [0.5, 0.6) is 0 Å². The Hall–Kier alpha value is -2.69. The molecule has 0 saturated carbocycles. The zero-order chi connectivity index (χ0) is 13.3. The van der Waals surface area contributed by atoms with Gasteiger partial charge in [0.15, 0.2) is 5.69 Å². The molecule has 0 spiro atoms. The average Bonchev–Trinajstić information content (AvgIpc) is 3.10. The highest BCUT2D eigenvalue weighted by atomic mass is 16.3. The van der Waals surface area contributed by atoms with Crippen LogP contribution in [0.1, 0.15) is 5.56 Å². The number of nitrogens with zero attached hydrogens (tertiary/aromatic N) is 4. The van der Waals surface area contributed by atoms with Crippen LogP contribution in [-0.2, 0) is 13.6 Å². The normalized spacial score (nSPS) is 13.1. The van der Waals surface area contributed by atoms with Crippen LogP contribution >= 0.6 is 0 Å². The Morgan fingerprint density at radius 2 is 2.25 bits per heavy atom. The first-order valence-corrected chi connectivity index (χ1v) is 6.53. The molecule has 5 nitrogen and oxygen atoms in total. The Balaban J connectivity index is 1.99. The molecule has 1 aliphatic heterocycles. The fourth-order valence-electron chi connectivity index (χ4n) is 3.17. The van der Waals surface area contributed by atoms with E-state index >= 15 is 0 Å². The van der Waals surface area contributed by atoms with Gasteiger partial charge in [-0.3, -0.25) is 4.98 Å². The van der Waals surface area contributed by atoms with E-state index in [1.807, 2.05) is 31.6 Å². The van der Waals surface area contributed by atoms with Gasteiger partial charge in [-0.2, -0.15) is 4.57 Å². The van der Waals surface area contributed by atoms with Crippen LogP contribution in [0.3, 0.4) is 0 Å². The van der Waals surface area contributed by atoms with Crippen molar-refractivity contribution in [1.82, 2.24) is 14.5 Å². The summed E-state index contributed by atoms with van der Waals surface area (Å²) in [5.41, 5.74) is 5.14. The molecule has 5 heterocycles. The van der Waals surface area contributed by atoms with E-state index in [2.05, 4.69) is 25.2 Å². The Morgan fingerprint density at radius 3 is 3.20 bits per heavy atom. The second kappa shape index (κ2) is 3.25. The molecule has 0 saturated heterocycles. The van der Waals surface area contributed by atoms with E-state index < -0.39 is 0 Å². The van der Waals surface area contributed by atoms with Crippen LogP contribution in [0.2, 0.25) is 0 Å². The van der Waals surface area contributed by atoms with Crippen LogP contribution in [0.25, 0.3) is 33.7 Å². The van der Waals surface area contributed by atoms with E-state index in [1.54, 1.807) is 6.20 Å². The van der Waals surface area contributed by atoms with Crippen molar-refractivity contribution in [2.24, 2.45) is 7.05 Å². The van der Waals surface area contributed by atoms with Gasteiger partial charge in [0, 0.05) is 30.2 Å². The van der Waals surface area contributed by atoms with Crippen LogP contribution in [0, 0.1) is 0 Å². The zero-order valence-corrected chi connectivity index (χ0v) is 10.9. The molecular formula is C15H11N4O+. The van der Waals surface area contributed by atoms with E-state index in [0.29, 0.717) is 0 Å². The van der Waals surface area contributed by atoms with Gasteiger partial charge < -0.3 is 4.42 Å². The SMILES string of the molecule is C[n+]1c2n(c3c4cnccc4oc31)Cc1cccnc1-2. The van der Waals surface area contributed by atoms with Crippen molar-refractivity contribution >= 4 is 22.2 Å². The monoisotopic (exact) mass is 263 g/mol. The van der Waals surface area contributed by atoms with Gasteiger partial charge in [0.2, 0.25) is 5.52 Å². The summed E-state index contributed by atoms with van der Waals surface area (Å²) in [6.45, 7) is 0.833. The van der Waals surface area contributed by atoms with E-state index in [4.69, 9.17) is 4.42 Å². The number of pyridine rings is 2. The number of aromatic nitrogens is 4. The molecule has 0 aliphatic carbocycles. The Morgan fingerprint density at radius 1 is 1.30 bits per heavy atom. The summed E-state index contributed by atoms with van der Waals surface area (Å²) in [5, 5.41) is 1.05. The molecule has 0 aromatic carbocycles. The topological polar surface area (TPSA) is 47.7 Å². The molecular weight excluding hydrogens is 252 g/mol. The molecule has 5 heteroatoms. The molecule has 0 radical (unpaired) electrons. The van der Waals surface area contributed by atoms with Gasteiger partial charge in [-0.15, -0.1) is 0 Å². The molecule has 0 unspecified atom stereocenters. The standard InChI is InChI=1S/C15H11N4O/c1-18-14-12-9(3-2-5-17-12)8-19(14)13-10-7-16-6-4-11(10)20-15(13)18/h2-7H,8H2,1H3/q+1. The molecule has 96 valence electrons. The van der Waals surface area contributed by atoms with Gasteiger partial charge in [-0.05, 0) is 6.07 Å². The van der Waals surface area contributed by atoms with E-state index in [0.717, 1.165) is 40.3 Å². The highest BCUT2D eigenvalue weighted by Crippen LogP contribution is 2.35. The Kier molecular flexibility index (Phi) is 1.65. The van der Waals surface area contributed by atoms with Crippen molar-refractivity contribution in [1.29, 1.82) is 0 Å². The van der Waals surface area contributed by atoms with Gasteiger partial charge in [-0.1, -0.05) is 6.07 Å². The fraction of sp³-hybridized carbons (Fsp3) is 0.133. The lowest BCUT2D eigenvalue weighted by Crippen LogP contribution is -2.29. The summed E-state index contributed by atoms with van der Waals surface area (Å²) in [6.07, 6.45) is 5.46. The van der Waals surface area contributed by atoms with Gasteiger partial charge >= 0.3 is 11.5 Å². The fourth-order valence-corrected chi connectivity index (χ4v) is 3.17. The predicted octanol–water partition coefficient (Wildman–Crippen LogP) is 2.03. The maximum atomic E-state index is 5.97. The first-order chi connectivity index (χ1) is 9.84. The van der Waals surface area contributed by atoms with Gasteiger partial charge in [0.05, 0.1) is 12.4 Å². The number of fused-ring (bicyclic) bond motifs is 7. The summed E-state index contributed by atoms with van der Waals surface area (Å²) in [6, 6.07) is 6.02. The van der Waals surface area contributed by atoms with Crippen LogP contribution in [0.15, 0.2) is 41.2 Å². The number of hydrogen-bond donors (Lipinski definition) is 0. The minimum Gasteiger partial charge on any atom is -0.419 e. The van der Waals surface area contributed by atoms with E-state index in [-0.39, 0.29) is 0 Å². The van der Waals surface area contributed by atoms with Gasteiger partial charge in [0.25, 0.3) is 0 Å². The third-order valence-electron chi connectivity index (χ3n) is 4.02. The molecule has 0 bridgehead atoms. The molecule has 1 aliphatic rings. The predicted molar refractivity (Wildman–Crippen MR) is 73.0 cm³/mol. The molecule has 0 amide bonds. The molecule has 5 rings (SSSR count). The Labute approximate surface area is 114 Å². The lowest BCUT2D eigenvalue weighted by atomic mass is 10.2. The first kappa shape index (κ1) is 10.1. The van der Waals surface area contributed by atoms with Crippen molar-refractivity contribution in [2.75, 3.05) is 0 Å². The lowest BCUT2D eigenvalue weighted by molar-refractivity contribution is -0.640. The minimum atomic E-state index is 0.833.